The van der Waals surface area contributed by atoms with Crippen molar-refractivity contribution in [2.45, 2.75) is 32.0 Å². The van der Waals surface area contributed by atoms with Crippen molar-refractivity contribution in [3.63, 3.8) is 0 Å². The van der Waals surface area contributed by atoms with E-state index in [9.17, 15) is 9.59 Å². The smallest absolute Gasteiger partial charge is 0.237 e. The fourth-order valence-corrected chi connectivity index (χ4v) is 2.18. The van der Waals surface area contributed by atoms with Gasteiger partial charge in [0.1, 0.15) is 5.60 Å². The first-order valence-corrected chi connectivity index (χ1v) is 5.70. The lowest BCUT2D eigenvalue weighted by Gasteiger charge is -2.25. The Balaban J connectivity index is 2.48. The molecule has 1 fully saturated rings. The largest absolute Gasteiger partial charge is 0.348 e. The van der Waals surface area contributed by atoms with E-state index < -0.39 is 22.8 Å². The summed E-state index contributed by atoms with van der Waals surface area (Å²) >= 11 is 5.79. The number of halogens is 1. The number of Topliss-reactive ketones (excluding diaryl/α,β-unsaturated/α-hetero) is 2. The van der Waals surface area contributed by atoms with Crippen LogP contribution in [0.4, 0.5) is 0 Å². The topological polar surface area (TPSA) is 43.4 Å². The molecule has 0 saturated carbocycles. The molecule has 0 amide bonds. The molecule has 1 aliphatic rings. The molecule has 0 unspecified atom stereocenters. The Hall–Kier alpha value is -1.19. The van der Waals surface area contributed by atoms with E-state index in [-0.39, 0.29) is 0 Å². The molecule has 0 bridgehead atoms. The average molecular weight is 253 g/mol. The SMILES string of the molecule is CC1(C)O[C@](C)(c2ccc(Cl)cc2)C(=O)C1=O. The standard InChI is InChI=1S/C13H13ClO3/c1-12(2)10(15)11(16)13(3,17-12)8-4-6-9(14)7-5-8/h4-7H,1-3H3/t13-/m1/s1. The number of benzene rings is 1. The first-order chi connectivity index (χ1) is 7.77. The molecule has 1 heterocycles. The lowest BCUT2D eigenvalue weighted by atomic mass is 9.90. The van der Waals surface area contributed by atoms with Crippen LogP contribution >= 0.6 is 11.6 Å². The first kappa shape index (κ1) is 12.3. The summed E-state index contributed by atoms with van der Waals surface area (Å²) in [6.07, 6.45) is 0. The van der Waals surface area contributed by atoms with E-state index >= 15 is 0 Å². The molecule has 0 N–H and O–H groups in total. The molecule has 0 aromatic heterocycles. The van der Waals surface area contributed by atoms with Gasteiger partial charge in [-0.3, -0.25) is 9.59 Å². The highest BCUT2D eigenvalue weighted by Gasteiger charge is 2.56. The number of rotatable bonds is 1. The van der Waals surface area contributed by atoms with Gasteiger partial charge in [0.15, 0.2) is 5.60 Å². The summed E-state index contributed by atoms with van der Waals surface area (Å²) in [5.41, 5.74) is -1.62. The second-order valence-electron chi connectivity index (χ2n) is 4.81. The van der Waals surface area contributed by atoms with Crippen LogP contribution in [-0.4, -0.2) is 17.2 Å². The van der Waals surface area contributed by atoms with Crippen LogP contribution in [0.25, 0.3) is 0 Å². The summed E-state index contributed by atoms with van der Waals surface area (Å²) in [7, 11) is 0. The monoisotopic (exact) mass is 252 g/mol. The summed E-state index contributed by atoms with van der Waals surface area (Å²) < 4.78 is 5.64. The van der Waals surface area contributed by atoms with Crippen molar-refractivity contribution in [2.24, 2.45) is 0 Å². The van der Waals surface area contributed by atoms with Crippen LogP contribution < -0.4 is 0 Å². The maximum Gasteiger partial charge on any atom is 0.237 e. The first-order valence-electron chi connectivity index (χ1n) is 5.33. The Morgan fingerprint density at radius 2 is 1.53 bits per heavy atom. The molecule has 2 rings (SSSR count). The quantitative estimate of drug-likeness (QED) is 0.722. The van der Waals surface area contributed by atoms with Crippen molar-refractivity contribution in [1.82, 2.24) is 0 Å². The van der Waals surface area contributed by atoms with Gasteiger partial charge in [-0.25, -0.2) is 0 Å². The van der Waals surface area contributed by atoms with Gasteiger partial charge in [-0.15, -0.1) is 0 Å². The highest BCUT2D eigenvalue weighted by Crippen LogP contribution is 2.39. The third-order valence-electron chi connectivity index (χ3n) is 3.04. The fourth-order valence-electron chi connectivity index (χ4n) is 2.05. The number of ether oxygens (including phenoxy) is 1. The molecule has 17 heavy (non-hydrogen) atoms. The van der Waals surface area contributed by atoms with Gasteiger partial charge in [0.05, 0.1) is 0 Å². The summed E-state index contributed by atoms with van der Waals surface area (Å²) in [4.78, 5) is 23.8. The molecule has 90 valence electrons. The summed E-state index contributed by atoms with van der Waals surface area (Å²) in [5.74, 6) is -1.00. The Labute approximate surface area is 105 Å². The molecule has 1 aliphatic heterocycles. The Morgan fingerprint density at radius 1 is 1.00 bits per heavy atom. The van der Waals surface area contributed by atoms with E-state index in [0.717, 1.165) is 0 Å². The van der Waals surface area contributed by atoms with Crippen molar-refractivity contribution in [2.75, 3.05) is 0 Å². The van der Waals surface area contributed by atoms with Crippen molar-refractivity contribution >= 4 is 23.2 Å². The zero-order valence-corrected chi connectivity index (χ0v) is 10.7. The molecule has 1 saturated heterocycles. The number of carbonyl (C=O) groups is 2. The van der Waals surface area contributed by atoms with E-state index in [1.54, 1.807) is 45.0 Å². The normalized spacial score (nSPS) is 27.5. The lowest BCUT2D eigenvalue weighted by Crippen LogP contribution is -2.31. The van der Waals surface area contributed by atoms with Gasteiger partial charge in [-0.2, -0.15) is 0 Å². The minimum Gasteiger partial charge on any atom is -0.348 e. The van der Waals surface area contributed by atoms with Gasteiger partial charge in [0.25, 0.3) is 0 Å². The van der Waals surface area contributed by atoms with Crippen molar-refractivity contribution in [3.05, 3.63) is 34.9 Å². The Bertz CT molecular complexity index is 490. The molecule has 1 atom stereocenters. The number of hydrogen-bond acceptors (Lipinski definition) is 3. The van der Waals surface area contributed by atoms with E-state index in [0.29, 0.717) is 10.6 Å². The third-order valence-corrected chi connectivity index (χ3v) is 3.29. The lowest BCUT2D eigenvalue weighted by molar-refractivity contribution is -0.138. The predicted octanol–water partition coefficient (Wildman–Crippen LogP) is 2.50. The summed E-state index contributed by atoms with van der Waals surface area (Å²) in [6, 6.07) is 6.76. The summed E-state index contributed by atoms with van der Waals surface area (Å²) in [5, 5.41) is 0.577. The molecule has 0 radical (unpaired) electrons. The maximum atomic E-state index is 12.0. The van der Waals surface area contributed by atoms with Gasteiger partial charge in [-0.05, 0) is 38.5 Å². The second-order valence-corrected chi connectivity index (χ2v) is 5.25. The van der Waals surface area contributed by atoms with Gasteiger partial charge in [-0.1, -0.05) is 23.7 Å². The minimum atomic E-state index is -1.20. The van der Waals surface area contributed by atoms with E-state index in [1.165, 1.54) is 0 Å². The Kier molecular flexibility index (Phi) is 2.64. The van der Waals surface area contributed by atoms with Gasteiger partial charge in [0.2, 0.25) is 11.6 Å². The van der Waals surface area contributed by atoms with Crippen molar-refractivity contribution in [3.8, 4) is 0 Å². The van der Waals surface area contributed by atoms with Crippen LogP contribution in [-0.2, 0) is 19.9 Å². The van der Waals surface area contributed by atoms with Crippen LogP contribution in [0.5, 0.6) is 0 Å². The highest BCUT2D eigenvalue weighted by molar-refractivity contribution is 6.44. The zero-order chi connectivity index (χ0) is 12.8. The molecular weight excluding hydrogens is 240 g/mol. The van der Waals surface area contributed by atoms with Gasteiger partial charge >= 0.3 is 0 Å². The zero-order valence-electron chi connectivity index (χ0n) is 9.91. The summed E-state index contributed by atoms with van der Waals surface area (Å²) in [6.45, 7) is 4.83. The third kappa shape index (κ3) is 1.79. The molecule has 1 aromatic rings. The van der Waals surface area contributed by atoms with Gasteiger partial charge < -0.3 is 4.74 Å². The number of ketones is 2. The van der Waals surface area contributed by atoms with Crippen molar-refractivity contribution < 1.29 is 14.3 Å². The van der Waals surface area contributed by atoms with E-state index in [1.807, 2.05) is 0 Å². The minimum absolute atomic E-state index is 0.491. The average Bonchev–Trinajstić information content (AvgIpc) is 2.41. The number of hydrogen-bond donors (Lipinski definition) is 0. The van der Waals surface area contributed by atoms with Crippen LogP contribution in [0.1, 0.15) is 26.3 Å². The van der Waals surface area contributed by atoms with E-state index in [2.05, 4.69) is 0 Å². The van der Waals surface area contributed by atoms with Crippen LogP contribution in [0.3, 0.4) is 0 Å². The fraction of sp³-hybridized carbons (Fsp3) is 0.385. The molecular formula is C13H13ClO3. The molecule has 3 nitrogen and oxygen atoms in total. The molecule has 0 aliphatic carbocycles. The van der Waals surface area contributed by atoms with Gasteiger partial charge in [0, 0.05) is 5.02 Å². The van der Waals surface area contributed by atoms with Crippen LogP contribution in [0, 0.1) is 0 Å². The van der Waals surface area contributed by atoms with Crippen molar-refractivity contribution in [1.29, 1.82) is 0 Å². The number of carbonyl (C=O) groups excluding carboxylic acids is 2. The predicted molar refractivity (Wildman–Crippen MR) is 64.0 cm³/mol. The Morgan fingerprint density at radius 3 is 1.94 bits per heavy atom. The van der Waals surface area contributed by atoms with Crippen LogP contribution in [0.15, 0.2) is 24.3 Å². The molecule has 0 spiro atoms. The van der Waals surface area contributed by atoms with Crippen LogP contribution in [0.2, 0.25) is 5.02 Å². The molecule has 1 aromatic carbocycles. The second kappa shape index (κ2) is 3.65. The molecule has 4 heteroatoms. The maximum absolute atomic E-state index is 12.0. The highest BCUT2D eigenvalue weighted by atomic mass is 35.5. The van der Waals surface area contributed by atoms with E-state index in [4.69, 9.17) is 16.3 Å².